The smallest absolute Gasteiger partial charge is 0.277 e. The molecule has 2 aliphatic rings. The lowest BCUT2D eigenvalue weighted by atomic mass is 10.1. The van der Waals surface area contributed by atoms with Gasteiger partial charge in [-0.25, -0.2) is 4.98 Å². The second-order valence-electron chi connectivity index (χ2n) is 6.49. The van der Waals surface area contributed by atoms with Gasteiger partial charge in [0.15, 0.2) is 17.8 Å². The third kappa shape index (κ3) is 3.68. The van der Waals surface area contributed by atoms with Crippen molar-refractivity contribution in [1.29, 1.82) is 0 Å². The van der Waals surface area contributed by atoms with E-state index in [-0.39, 0.29) is 36.8 Å². The lowest BCUT2D eigenvalue weighted by Gasteiger charge is -2.27. The van der Waals surface area contributed by atoms with Gasteiger partial charge in [-0.1, -0.05) is 29.8 Å². The summed E-state index contributed by atoms with van der Waals surface area (Å²) in [5.41, 5.74) is 2.52. The molecule has 3 heterocycles. The van der Waals surface area contributed by atoms with Gasteiger partial charge < -0.3 is 14.6 Å². The minimum atomic E-state index is 0. The number of amides is 1. The number of benzene rings is 1. The number of aryl methyl sites for hydroxylation is 1. The van der Waals surface area contributed by atoms with Crippen molar-refractivity contribution in [3.05, 3.63) is 41.9 Å². The van der Waals surface area contributed by atoms with E-state index >= 15 is 0 Å². The number of halogens is 2. The van der Waals surface area contributed by atoms with Crippen LogP contribution in [0, 0.1) is 6.92 Å². The molecule has 4 rings (SSSR count). The van der Waals surface area contributed by atoms with Crippen molar-refractivity contribution < 1.29 is 9.21 Å². The van der Waals surface area contributed by atoms with Crippen LogP contribution in [0.4, 0.5) is 0 Å². The summed E-state index contributed by atoms with van der Waals surface area (Å²) in [5, 5.41) is 3.42. The van der Waals surface area contributed by atoms with Crippen LogP contribution in [0.2, 0.25) is 0 Å². The summed E-state index contributed by atoms with van der Waals surface area (Å²) in [6.45, 7) is 3.90. The van der Waals surface area contributed by atoms with E-state index in [0.717, 1.165) is 37.9 Å². The molecule has 2 fully saturated rings. The Morgan fingerprint density at radius 3 is 2.64 bits per heavy atom. The van der Waals surface area contributed by atoms with Crippen molar-refractivity contribution in [1.82, 2.24) is 15.2 Å². The zero-order valence-corrected chi connectivity index (χ0v) is 15.7. The standard InChI is InChI=1S/C18H21N3O2.2ClH/c1-12-2-4-13(5-3-12)17-16(20-11-23-17)18(22)21-14-6-7-15(21)10-19-9-8-14;;/h2-5,11,14-15,19H,6-10H2,1H3;2*1H. The molecule has 7 heteroatoms. The molecule has 1 N–H and O–H groups in total. The van der Waals surface area contributed by atoms with Crippen LogP contribution in [0.25, 0.3) is 11.3 Å². The Labute approximate surface area is 160 Å². The normalized spacial score (nSPS) is 21.9. The highest BCUT2D eigenvalue weighted by Gasteiger charge is 2.40. The number of aromatic nitrogens is 1. The zero-order valence-electron chi connectivity index (χ0n) is 14.1. The third-order valence-corrected chi connectivity index (χ3v) is 4.97. The van der Waals surface area contributed by atoms with E-state index in [9.17, 15) is 4.79 Å². The molecular formula is C18H23Cl2N3O2. The highest BCUT2D eigenvalue weighted by atomic mass is 35.5. The number of fused-ring (bicyclic) bond motifs is 2. The fraction of sp³-hybridized carbons (Fsp3) is 0.444. The molecule has 2 aliphatic heterocycles. The van der Waals surface area contributed by atoms with Crippen molar-refractivity contribution in [3.8, 4) is 11.3 Å². The molecule has 2 saturated heterocycles. The minimum Gasteiger partial charge on any atom is -0.443 e. The van der Waals surface area contributed by atoms with Gasteiger partial charge in [0.25, 0.3) is 5.91 Å². The van der Waals surface area contributed by atoms with Crippen LogP contribution in [0.3, 0.4) is 0 Å². The molecule has 1 amide bonds. The lowest BCUT2D eigenvalue weighted by Crippen LogP contribution is -2.42. The number of oxazole rings is 1. The van der Waals surface area contributed by atoms with Gasteiger partial charge >= 0.3 is 0 Å². The van der Waals surface area contributed by atoms with Gasteiger partial charge in [0.05, 0.1) is 0 Å². The number of nitrogens with one attached hydrogen (secondary N) is 1. The summed E-state index contributed by atoms with van der Waals surface area (Å²) in [6, 6.07) is 8.59. The Morgan fingerprint density at radius 2 is 1.88 bits per heavy atom. The van der Waals surface area contributed by atoms with Gasteiger partial charge in [0, 0.05) is 24.2 Å². The van der Waals surface area contributed by atoms with Crippen molar-refractivity contribution in [2.75, 3.05) is 13.1 Å². The van der Waals surface area contributed by atoms with Crippen molar-refractivity contribution in [3.63, 3.8) is 0 Å². The second-order valence-corrected chi connectivity index (χ2v) is 6.49. The molecule has 0 radical (unpaired) electrons. The van der Waals surface area contributed by atoms with E-state index in [0.29, 0.717) is 17.5 Å². The molecule has 2 aromatic rings. The Bertz CT molecular complexity index is 703. The summed E-state index contributed by atoms with van der Waals surface area (Å²) < 4.78 is 5.55. The number of carbonyl (C=O) groups is 1. The summed E-state index contributed by atoms with van der Waals surface area (Å²) in [7, 11) is 0. The SMILES string of the molecule is Cc1ccc(-c2ocnc2C(=O)N2C3CCNCC2CC3)cc1.Cl.Cl. The monoisotopic (exact) mass is 383 g/mol. The second kappa shape index (κ2) is 8.21. The molecule has 0 aliphatic carbocycles. The highest BCUT2D eigenvalue weighted by Crippen LogP contribution is 2.32. The molecule has 2 atom stereocenters. The lowest BCUT2D eigenvalue weighted by molar-refractivity contribution is 0.0675. The van der Waals surface area contributed by atoms with Gasteiger partial charge in [0.1, 0.15) is 0 Å². The summed E-state index contributed by atoms with van der Waals surface area (Å²) in [4.78, 5) is 19.4. The van der Waals surface area contributed by atoms with Crippen LogP contribution < -0.4 is 5.32 Å². The van der Waals surface area contributed by atoms with Crippen LogP contribution in [-0.2, 0) is 0 Å². The molecule has 0 saturated carbocycles. The van der Waals surface area contributed by atoms with Gasteiger partial charge in [-0.05, 0) is 32.7 Å². The quantitative estimate of drug-likeness (QED) is 0.862. The first-order chi connectivity index (χ1) is 11.2. The van der Waals surface area contributed by atoms with E-state index in [1.807, 2.05) is 36.1 Å². The molecule has 2 bridgehead atoms. The number of hydrogen-bond donors (Lipinski definition) is 1. The van der Waals surface area contributed by atoms with E-state index in [2.05, 4.69) is 10.3 Å². The van der Waals surface area contributed by atoms with Crippen LogP contribution in [0.15, 0.2) is 35.1 Å². The molecule has 136 valence electrons. The Kier molecular flexibility index (Phi) is 6.49. The first-order valence-electron chi connectivity index (χ1n) is 8.28. The van der Waals surface area contributed by atoms with Crippen molar-refractivity contribution >= 4 is 30.7 Å². The van der Waals surface area contributed by atoms with Gasteiger partial charge in [-0.2, -0.15) is 0 Å². The van der Waals surface area contributed by atoms with E-state index in [1.54, 1.807) is 0 Å². The number of carbonyl (C=O) groups excluding carboxylic acids is 1. The minimum absolute atomic E-state index is 0. The fourth-order valence-corrected chi connectivity index (χ4v) is 3.74. The molecule has 25 heavy (non-hydrogen) atoms. The van der Waals surface area contributed by atoms with E-state index < -0.39 is 0 Å². The predicted molar refractivity (Wildman–Crippen MR) is 102 cm³/mol. The van der Waals surface area contributed by atoms with Gasteiger partial charge in [-0.3, -0.25) is 4.79 Å². The maximum absolute atomic E-state index is 13.1. The van der Waals surface area contributed by atoms with Crippen molar-refractivity contribution in [2.24, 2.45) is 0 Å². The first-order valence-corrected chi connectivity index (χ1v) is 8.28. The topological polar surface area (TPSA) is 58.4 Å². The number of nitrogens with zero attached hydrogens (tertiary/aromatic N) is 2. The predicted octanol–water partition coefficient (Wildman–Crippen LogP) is 3.46. The Balaban J connectivity index is 0.00000113. The molecule has 0 spiro atoms. The van der Waals surface area contributed by atoms with Gasteiger partial charge in [0.2, 0.25) is 0 Å². The third-order valence-electron chi connectivity index (χ3n) is 4.97. The largest absolute Gasteiger partial charge is 0.443 e. The van der Waals surface area contributed by atoms with Crippen LogP contribution in [0.1, 0.15) is 35.3 Å². The fourth-order valence-electron chi connectivity index (χ4n) is 3.74. The summed E-state index contributed by atoms with van der Waals surface area (Å²) in [5.74, 6) is 0.581. The Morgan fingerprint density at radius 1 is 1.16 bits per heavy atom. The Hall–Kier alpha value is -1.56. The summed E-state index contributed by atoms with van der Waals surface area (Å²) in [6.07, 6.45) is 4.55. The molecule has 5 nitrogen and oxygen atoms in total. The zero-order chi connectivity index (χ0) is 15.8. The molecule has 1 aromatic heterocycles. The first kappa shape index (κ1) is 19.8. The summed E-state index contributed by atoms with van der Waals surface area (Å²) >= 11 is 0. The number of hydrogen-bond acceptors (Lipinski definition) is 4. The van der Waals surface area contributed by atoms with Crippen molar-refractivity contribution in [2.45, 2.75) is 38.3 Å². The maximum atomic E-state index is 13.1. The molecular weight excluding hydrogens is 361 g/mol. The number of rotatable bonds is 2. The van der Waals surface area contributed by atoms with Crippen LogP contribution >= 0.6 is 24.8 Å². The molecule has 1 aromatic carbocycles. The van der Waals surface area contributed by atoms with E-state index in [1.165, 1.54) is 12.0 Å². The average Bonchev–Trinajstić information content (AvgIpc) is 3.11. The maximum Gasteiger partial charge on any atom is 0.277 e. The highest BCUT2D eigenvalue weighted by molar-refractivity contribution is 5.98. The van der Waals surface area contributed by atoms with Crippen LogP contribution in [-0.4, -0.2) is 41.0 Å². The van der Waals surface area contributed by atoms with Crippen LogP contribution in [0.5, 0.6) is 0 Å². The average molecular weight is 384 g/mol. The van der Waals surface area contributed by atoms with Gasteiger partial charge in [-0.15, -0.1) is 24.8 Å². The molecule has 2 unspecified atom stereocenters. The van der Waals surface area contributed by atoms with E-state index in [4.69, 9.17) is 4.42 Å².